The van der Waals surface area contributed by atoms with Gasteiger partial charge in [-0.2, -0.15) is 0 Å². The molecule has 0 atom stereocenters. The highest BCUT2D eigenvalue weighted by molar-refractivity contribution is 4.92. The minimum Gasteiger partial charge on any atom is -0.388 e. The summed E-state index contributed by atoms with van der Waals surface area (Å²) in [4.78, 5) is 0. The van der Waals surface area contributed by atoms with Gasteiger partial charge in [-0.05, 0) is 26.8 Å². The van der Waals surface area contributed by atoms with Crippen molar-refractivity contribution in [2.45, 2.75) is 27.2 Å². The number of hydrogen-bond acceptors (Lipinski definition) is 2. The molecular formula is C9H20N2. The molecule has 66 valence electrons. The van der Waals surface area contributed by atoms with E-state index in [0.717, 1.165) is 19.6 Å². The first-order chi connectivity index (χ1) is 5.31. The second-order valence-electron chi connectivity index (χ2n) is 2.65. The Kier molecular flexibility index (Phi) is 7.26. The third-order valence-corrected chi connectivity index (χ3v) is 1.57. The molecule has 0 aliphatic carbocycles. The van der Waals surface area contributed by atoms with Crippen LogP contribution in [0.3, 0.4) is 0 Å². The Morgan fingerprint density at radius 3 is 2.55 bits per heavy atom. The number of hydrogen-bond donors (Lipinski definition) is 2. The fourth-order valence-corrected chi connectivity index (χ4v) is 0.752. The van der Waals surface area contributed by atoms with Gasteiger partial charge in [0, 0.05) is 18.8 Å². The van der Waals surface area contributed by atoms with Crippen molar-refractivity contribution in [3.8, 4) is 0 Å². The highest BCUT2D eigenvalue weighted by Crippen LogP contribution is 1.81. The molecule has 0 spiro atoms. The van der Waals surface area contributed by atoms with Gasteiger partial charge >= 0.3 is 0 Å². The zero-order valence-electron chi connectivity index (χ0n) is 7.91. The average Bonchev–Trinajstić information content (AvgIpc) is 2.04. The van der Waals surface area contributed by atoms with Gasteiger partial charge in [-0.1, -0.05) is 13.0 Å². The van der Waals surface area contributed by atoms with Crippen molar-refractivity contribution in [3.63, 3.8) is 0 Å². The quantitative estimate of drug-likeness (QED) is 0.569. The molecule has 0 aliphatic heterocycles. The predicted molar refractivity (Wildman–Crippen MR) is 50.6 cm³/mol. The van der Waals surface area contributed by atoms with Crippen LogP contribution in [0.1, 0.15) is 27.2 Å². The van der Waals surface area contributed by atoms with Gasteiger partial charge < -0.3 is 10.6 Å². The van der Waals surface area contributed by atoms with Crippen LogP contribution in [0.15, 0.2) is 11.8 Å². The topological polar surface area (TPSA) is 24.1 Å². The minimum absolute atomic E-state index is 1.02. The van der Waals surface area contributed by atoms with E-state index in [2.05, 4.69) is 30.6 Å². The zero-order chi connectivity index (χ0) is 8.53. The van der Waals surface area contributed by atoms with E-state index in [1.165, 1.54) is 12.1 Å². The molecule has 2 nitrogen and oxygen atoms in total. The molecular weight excluding hydrogens is 136 g/mol. The Labute approximate surface area is 70.1 Å². The Hall–Kier alpha value is -0.500. The average molecular weight is 156 g/mol. The van der Waals surface area contributed by atoms with Gasteiger partial charge in [0.15, 0.2) is 0 Å². The number of rotatable bonds is 6. The first-order valence-corrected chi connectivity index (χ1v) is 4.38. The van der Waals surface area contributed by atoms with E-state index in [9.17, 15) is 0 Å². The summed E-state index contributed by atoms with van der Waals surface area (Å²) < 4.78 is 0. The van der Waals surface area contributed by atoms with Gasteiger partial charge in [-0.3, -0.25) is 0 Å². The number of nitrogens with one attached hydrogen (secondary N) is 2. The SMILES string of the molecule is C/C=C(/C)NCCNCCC. The maximum atomic E-state index is 3.32. The lowest BCUT2D eigenvalue weighted by atomic mass is 10.4. The first-order valence-electron chi connectivity index (χ1n) is 4.38. The highest BCUT2D eigenvalue weighted by atomic mass is 14.9. The van der Waals surface area contributed by atoms with Crippen molar-refractivity contribution >= 4 is 0 Å². The van der Waals surface area contributed by atoms with Crippen LogP contribution in [0.5, 0.6) is 0 Å². The summed E-state index contributed by atoms with van der Waals surface area (Å²) in [5.74, 6) is 0. The lowest BCUT2D eigenvalue weighted by Gasteiger charge is -2.06. The lowest BCUT2D eigenvalue weighted by molar-refractivity contribution is 0.642. The molecule has 0 radical (unpaired) electrons. The summed E-state index contributed by atoms with van der Waals surface area (Å²) in [6.45, 7) is 9.50. The summed E-state index contributed by atoms with van der Waals surface area (Å²) in [6.07, 6.45) is 3.29. The molecule has 2 N–H and O–H groups in total. The molecule has 0 saturated carbocycles. The van der Waals surface area contributed by atoms with E-state index in [1.54, 1.807) is 0 Å². The third kappa shape index (κ3) is 7.40. The van der Waals surface area contributed by atoms with Crippen molar-refractivity contribution in [3.05, 3.63) is 11.8 Å². The van der Waals surface area contributed by atoms with Crippen LogP contribution in [-0.4, -0.2) is 19.6 Å². The van der Waals surface area contributed by atoms with E-state index in [4.69, 9.17) is 0 Å². The molecule has 2 heteroatoms. The minimum atomic E-state index is 1.02. The summed E-state index contributed by atoms with van der Waals surface area (Å²) in [5.41, 5.74) is 1.25. The van der Waals surface area contributed by atoms with Gasteiger partial charge in [0.25, 0.3) is 0 Å². The second-order valence-corrected chi connectivity index (χ2v) is 2.65. The van der Waals surface area contributed by atoms with E-state index in [1.807, 2.05) is 6.92 Å². The standard InChI is InChI=1S/C9H20N2/c1-4-6-10-7-8-11-9(3)5-2/h5,10-11H,4,6-8H2,1-3H3/b9-5-. The van der Waals surface area contributed by atoms with E-state index < -0.39 is 0 Å². The van der Waals surface area contributed by atoms with Crippen LogP contribution in [-0.2, 0) is 0 Å². The largest absolute Gasteiger partial charge is 0.388 e. The van der Waals surface area contributed by atoms with Crippen LogP contribution in [0.25, 0.3) is 0 Å². The van der Waals surface area contributed by atoms with Crippen LogP contribution >= 0.6 is 0 Å². The first kappa shape index (κ1) is 10.5. The molecule has 0 fully saturated rings. The third-order valence-electron chi connectivity index (χ3n) is 1.57. The number of allylic oxidation sites excluding steroid dienone is 2. The summed E-state index contributed by atoms with van der Waals surface area (Å²) >= 11 is 0. The second kappa shape index (κ2) is 7.61. The predicted octanol–water partition coefficient (Wildman–Crippen LogP) is 1.50. The molecule has 0 rings (SSSR count). The van der Waals surface area contributed by atoms with Gasteiger partial charge in [0.1, 0.15) is 0 Å². The summed E-state index contributed by atoms with van der Waals surface area (Å²) in [6, 6.07) is 0. The Bertz CT molecular complexity index is 108. The summed E-state index contributed by atoms with van der Waals surface area (Å²) in [7, 11) is 0. The van der Waals surface area contributed by atoms with Crippen molar-refractivity contribution in [1.82, 2.24) is 10.6 Å². The lowest BCUT2D eigenvalue weighted by Crippen LogP contribution is -2.26. The molecule has 0 saturated heterocycles. The Morgan fingerprint density at radius 2 is 2.00 bits per heavy atom. The van der Waals surface area contributed by atoms with Crippen molar-refractivity contribution in [1.29, 1.82) is 0 Å². The fraction of sp³-hybridized carbons (Fsp3) is 0.778. The fourth-order valence-electron chi connectivity index (χ4n) is 0.752. The van der Waals surface area contributed by atoms with E-state index >= 15 is 0 Å². The molecule has 0 unspecified atom stereocenters. The smallest absolute Gasteiger partial charge is 0.0269 e. The normalized spacial score (nSPS) is 11.7. The van der Waals surface area contributed by atoms with Crippen LogP contribution < -0.4 is 10.6 Å². The molecule has 11 heavy (non-hydrogen) atoms. The monoisotopic (exact) mass is 156 g/mol. The highest BCUT2D eigenvalue weighted by Gasteiger charge is 1.85. The molecule has 0 aromatic carbocycles. The molecule has 0 bridgehead atoms. The molecule has 0 aromatic rings. The maximum Gasteiger partial charge on any atom is 0.0269 e. The van der Waals surface area contributed by atoms with E-state index in [0.29, 0.717) is 0 Å². The van der Waals surface area contributed by atoms with Crippen LogP contribution in [0.2, 0.25) is 0 Å². The van der Waals surface area contributed by atoms with Crippen molar-refractivity contribution in [2.75, 3.05) is 19.6 Å². The maximum absolute atomic E-state index is 3.32. The molecule has 0 amide bonds. The van der Waals surface area contributed by atoms with Crippen molar-refractivity contribution < 1.29 is 0 Å². The zero-order valence-corrected chi connectivity index (χ0v) is 7.91. The Balaban J connectivity index is 3.02. The Morgan fingerprint density at radius 1 is 1.27 bits per heavy atom. The van der Waals surface area contributed by atoms with Crippen molar-refractivity contribution in [2.24, 2.45) is 0 Å². The van der Waals surface area contributed by atoms with Gasteiger partial charge in [-0.25, -0.2) is 0 Å². The van der Waals surface area contributed by atoms with Gasteiger partial charge in [0.2, 0.25) is 0 Å². The summed E-state index contributed by atoms with van der Waals surface area (Å²) in [5, 5.41) is 6.61. The van der Waals surface area contributed by atoms with E-state index in [-0.39, 0.29) is 0 Å². The van der Waals surface area contributed by atoms with Gasteiger partial charge in [-0.15, -0.1) is 0 Å². The van der Waals surface area contributed by atoms with Crippen LogP contribution in [0.4, 0.5) is 0 Å². The van der Waals surface area contributed by atoms with Crippen LogP contribution in [0, 0.1) is 0 Å². The molecule has 0 aliphatic rings. The molecule has 0 aromatic heterocycles. The van der Waals surface area contributed by atoms with Gasteiger partial charge in [0.05, 0.1) is 0 Å². The molecule has 0 heterocycles.